The molecule has 1 aliphatic rings. The van der Waals surface area contributed by atoms with Crippen LogP contribution >= 0.6 is 0 Å². The normalized spacial score (nSPS) is 26.6. The second kappa shape index (κ2) is 9.36. The van der Waals surface area contributed by atoms with E-state index in [9.17, 15) is 29.2 Å². The van der Waals surface area contributed by atoms with E-state index in [1.807, 2.05) is 6.92 Å². The lowest BCUT2D eigenvalue weighted by atomic mass is 9.89. The monoisotopic (exact) mass is 424 g/mol. The minimum atomic E-state index is -1.50. The van der Waals surface area contributed by atoms with Crippen molar-refractivity contribution >= 4 is 0 Å². The van der Waals surface area contributed by atoms with Gasteiger partial charge in [-0.15, -0.1) is 0 Å². The van der Waals surface area contributed by atoms with Crippen LogP contribution in [0.1, 0.15) is 35.3 Å². The first kappa shape index (κ1) is 22.6. The van der Waals surface area contributed by atoms with Crippen LogP contribution in [0.2, 0.25) is 0 Å². The first-order chi connectivity index (χ1) is 14.3. The van der Waals surface area contributed by atoms with Crippen LogP contribution in [0.15, 0.2) is 30.3 Å². The van der Waals surface area contributed by atoms with Gasteiger partial charge in [0.25, 0.3) is 0 Å². The maximum Gasteiger partial charge on any atom is 0.200 e. The average Bonchev–Trinajstić information content (AvgIpc) is 2.73. The van der Waals surface area contributed by atoms with E-state index < -0.39 is 48.8 Å². The van der Waals surface area contributed by atoms with Gasteiger partial charge in [0.1, 0.15) is 30.5 Å². The molecule has 0 radical (unpaired) electrons. The largest absolute Gasteiger partial charge is 0.491 e. The van der Waals surface area contributed by atoms with Gasteiger partial charge in [-0.3, -0.25) is 0 Å². The Kier molecular flexibility index (Phi) is 7.05. The summed E-state index contributed by atoms with van der Waals surface area (Å²) < 4.78 is 39.4. The summed E-state index contributed by atoms with van der Waals surface area (Å²) in [5.74, 6) is -2.18. The van der Waals surface area contributed by atoms with Crippen molar-refractivity contribution in [2.75, 3.05) is 13.2 Å². The predicted octanol–water partition coefficient (Wildman–Crippen LogP) is 1.78. The lowest BCUT2D eigenvalue weighted by Gasteiger charge is -2.40. The third-order valence-electron chi connectivity index (χ3n) is 5.40. The number of aliphatic hydroxyl groups is 4. The minimum absolute atomic E-state index is 0.0895. The van der Waals surface area contributed by atoms with Crippen molar-refractivity contribution in [2.24, 2.45) is 0 Å². The van der Waals surface area contributed by atoms with Crippen molar-refractivity contribution in [2.45, 2.75) is 50.8 Å². The maximum absolute atomic E-state index is 14.5. The van der Waals surface area contributed by atoms with E-state index in [1.165, 1.54) is 12.1 Å². The molecule has 0 aliphatic carbocycles. The second-order valence-electron chi connectivity index (χ2n) is 7.40. The van der Waals surface area contributed by atoms with Crippen LogP contribution in [0, 0.1) is 18.6 Å². The molecule has 164 valence electrons. The summed E-state index contributed by atoms with van der Waals surface area (Å²) in [7, 11) is 0. The van der Waals surface area contributed by atoms with E-state index in [2.05, 4.69) is 0 Å². The fourth-order valence-electron chi connectivity index (χ4n) is 3.62. The molecular formula is C22H26F2O6. The third-order valence-corrected chi connectivity index (χ3v) is 5.40. The van der Waals surface area contributed by atoms with Crippen LogP contribution < -0.4 is 4.74 Å². The van der Waals surface area contributed by atoms with Gasteiger partial charge in [0.2, 0.25) is 5.82 Å². The van der Waals surface area contributed by atoms with Crippen molar-refractivity contribution in [1.29, 1.82) is 0 Å². The summed E-state index contributed by atoms with van der Waals surface area (Å²) in [5.41, 5.74) is 2.12. The molecule has 1 aliphatic heterocycles. The smallest absolute Gasteiger partial charge is 0.200 e. The Balaban J connectivity index is 1.90. The predicted molar refractivity (Wildman–Crippen MR) is 104 cm³/mol. The SMILES string of the molecule is CCOc1ccc(Cc2cc([C@@H]3O[C@H](CO)[C@@H](O)[C@H](O)[C@H]3O)ccc2C)c(F)c1F. The van der Waals surface area contributed by atoms with Crippen LogP contribution in [-0.4, -0.2) is 58.1 Å². The van der Waals surface area contributed by atoms with Crippen molar-refractivity contribution < 1.29 is 38.7 Å². The molecule has 3 rings (SSSR count). The first-order valence-corrected chi connectivity index (χ1v) is 9.78. The first-order valence-electron chi connectivity index (χ1n) is 9.78. The Hall–Kier alpha value is -2.10. The van der Waals surface area contributed by atoms with Gasteiger partial charge < -0.3 is 29.9 Å². The number of rotatable bonds is 6. The fourth-order valence-corrected chi connectivity index (χ4v) is 3.62. The molecule has 0 bridgehead atoms. The molecule has 8 heteroatoms. The highest BCUT2D eigenvalue weighted by Gasteiger charge is 2.44. The van der Waals surface area contributed by atoms with E-state index >= 15 is 0 Å². The molecule has 0 spiro atoms. The van der Waals surface area contributed by atoms with Gasteiger partial charge >= 0.3 is 0 Å². The highest BCUT2D eigenvalue weighted by Crippen LogP contribution is 2.34. The van der Waals surface area contributed by atoms with Crippen LogP contribution in [0.25, 0.3) is 0 Å². The molecular weight excluding hydrogens is 398 g/mol. The summed E-state index contributed by atoms with van der Waals surface area (Å²) in [6, 6.07) is 7.95. The zero-order valence-corrected chi connectivity index (χ0v) is 16.8. The Morgan fingerprint density at radius 2 is 1.70 bits per heavy atom. The molecule has 0 saturated carbocycles. The summed E-state index contributed by atoms with van der Waals surface area (Å²) in [5, 5.41) is 39.7. The van der Waals surface area contributed by atoms with Gasteiger partial charge in [0.15, 0.2) is 11.6 Å². The van der Waals surface area contributed by atoms with Crippen molar-refractivity contribution in [1.82, 2.24) is 0 Å². The molecule has 5 atom stereocenters. The van der Waals surface area contributed by atoms with Gasteiger partial charge in [-0.05, 0) is 42.2 Å². The highest BCUT2D eigenvalue weighted by molar-refractivity contribution is 5.39. The van der Waals surface area contributed by atoms with E-state index in [1.54, 1.807) is 25.1 Å². The number of aliphatic hydroxyl groups excluding tert-OH is 4. The van der Waals surface area contributed by atoms with Gasteiger partial charge in [0, 0.05) is 6.42 Å². The average molecular weight is 424 g/mol. The van der Waals surface area contributed by atoms with Gasteiger partial charge in [-0.2, -0.15) is 4.39 Å². The number of aryl methyl sites for hydroxylation is 1. The summed E-state index contributed by atoms with van der Waals surface area (Å²) in [6.07, 6.45) is -6.31. The van der Waals surface area contributed by atoms with Crippen molar-refractivity contribution in [3.63, 3.8) is 0 Å². The topological polar surface area (TPSA) is 99.4 Å². The fraction of sp³-hybridized carbons (Fsp3) is 0.455. The molecule has 2 aromatic rings. The van der Waals surface area contributed by atoms with Crippen LogP contribution in [0.3, 0.4) is 0 Å². The van der Waals surface area contributed by atoms with Crippen LogP contribution in [0.5, 0.6) is 5.75 Å². The molecule has 2 aromatic carbocycles. The van der Waals surface area contributed by atoms with Gasteiger partial charge in [-0.25, -0.2) is 4.39 Å². The lowest BCUT2D eigenvalue weighted by Crippen LogP contribution is -2.55. The van der Waals surface area contributed by atoms with E-state index in [4.69, 9.17) is 9.47 Å². The molecule has 0 aromatic heterocycles. The number of benzene rings is 2. The van der Waals surface area contributed by atoms with Crippen molar-refractivity contribution in [3.8, 4) is 5.75 Å². The minimum Gasteiger partial charge on any atom is -0.491 e. The zero-order chi connectivity index (χ0) is 22.0. The summed E-state index contributed by atoms with van der Waals surface area (Å²) >= 11 is 0. The number of hydrogen-bond donors (Lipinski definition) is 4. The number of halogens is 2. The third kappa shape index (κ3) is 4.33. The zero-order valence-electron chi connectivity index (χ0n) is 16.8. The molecule has 0 amide bonds. The van der Waals surface area contributed by atoms with E-state index in [0.29, 0.717) is 11.1 Å². The Morgan fingerprint density at radius 1 is 0.967 bits per heavy atom. The molecule has 4 N–H and O–H groups in total. The molecule has 6 nitrogen and oxygen atoms in total. The summed E-state index contributed by atoms with van der Waals surface area (Å²) in [4.78, 5) is 0. The maximum atomic E-state index is 14.5. The second-order valence-corrected chi connectivity index (χ2v) is 7.40. The van der Waals surface area contributed by atoms with Crippen LogP contribution in [0.4, 0.5) is 8.78 Å². The molecule has 0 unspecified atom stereocenters. The number of ether oxygens (including phenoxy) is 2. The lowest BCUT2D eigenvalue weighted by molar-refractivity contribution is -0.231. The van der Waals surface area contributed by atoms with Crippen LogP contribution in [-0.2, 0) is 11.2 Å². The van der Waals surface area contributed by atoms with Gasteiger partial charge in [0.05, 0.1) is 13.2 Å². The molecule has 1 fully saturated rings. The van der Waals surface area contributed by atoms with E-state index in [-0.39, 0.29) is 24.3 Å². The molecule has 30 heavy (non-hydrogen) atoms. The summed E-state index contributed by atoms with van der Waals surface area (Å²) in [6.45, 7) is 3.18. The number of hydrogen-bond acceptors (Lipinski definition) is 6. The van der Waals surface area contributed by atoms with Crippen molar-refractivity contribution in [3.05, 3.63) is 64.2 Å². The Bertz CT molecular complexity index is 888. The molecule has 1 heterocycles. The quantitative estimate of drug-likeness (QED) is 0.564. The highest BCUT2D eigenvalue weighted by atomic mass is 19.2. The molecule has 1 saturated heterocycles. The Morgan fingerprint density at radius 3 is 2.37 bits per heavy atom. The van der Waals surface area contributed by atoms with E-state index in [0.717, 1.165) is 5.56 Å². The Labute approximate surface area is 173 Å². The van der Waals surface area contributed by atoms with Gasteiger partial charge in [-0.1, -0.05) is 24.3 Å². The standard InChI is InChI=1S/C22H26F2O6/c1-3-29-15-7-6-12(17(23)18(15)24)8-14-9-13(5-4-11(14)2)22-21(28)20(27)19(26)16(10-25)30-22/h4-7,9,16,19-22,25-28H,3,8,10H2,1-2H3/t16-,19-,20+,21-,22+/m1/s1.